The highest BCUT2D eigenvalue weighted by molar-refractivity contribution is 7.86. The Morgan fingerprint density at radius 3 is 2.59 bits per heavy atom. The Balaban J connectivity index is 2.36. The summed E-state index contributed by atoms with van der Waals surface area (Å²) in [6.07, 6.45) is 0.458. The van der Waals surface area contributed by atoms with Gasteiger partial charge in [-0.3, -0.25) is 9.17 Å². The van der Waals surface area contributed by atoms with E-state index < -0.39 is 16.2 Å². The molecule has 0 amide bonds. The minimum atomic E-state index is -3.46. The molecule has 2 rings (SSSR count). The molecule has 0 N–H and O–H groups in total. The normalized spacial score (nSPS) is 13.8. The lowest BCUT2D eigenvalue weighted by atomic mass is 10.2. The van der Waals surface area contributed by atoms with E-state index in [1.165, 1.54) is 0 Å². The molecule has 0 saturated heterocycles. The summed E-state index contributed by atoms with van der Waals surface area (Å²) >= 11 is 0. The van der Waals surface area contributed by atoms with Crippen LogP contribution in [0.2, 0.25) is 0 Å². The third-order valence-electron chi connectivity index (χ3n) is 2.36. The van der Waals surface area contributed by atoms with Crippen molar-refractivity contribution in [2.45, 2.75) is 13.0 Å². The quantitative estimate of drug-likeness (QED) is 0.785. The minimum absolute atomic E-state index is 0.574. The van der Waals surface area contributed by atoms with Crippen molar-refractivity contribution in [2.24, 2.45) is 0 Å². The second-order valence-electron chi connectivity index (χ2n) is 3.87. The molecule has 90 valence electrons. The number of benzene rings is 1. The lowest BCUT2D eigenvalue weighted by Crippen LogP contribution is -2.08. The van der Waals surface area contributed by atoms with E-state index in [4.69, 9.17) is 4.18 Å². The van der Waals surface area contributed by atoms with E-state index in [1.54, 1.807) is 13.0 Å². The van der Waals surface area contributed by atoms with Crippen molar-refractivity contribution >= 4 is 21.0 Å². The molecule has 0 saturated carbocycles. The standard InChI is InChI=1S/C12H13NO3S/c1-9(16-17(2,14)15)11-8-7-10-5-3-4-6-12(10)13-11/h3-9H,1-2H3. The highest BCUT2D eigenvalue weighted by Crippen LogP contribution is 2.20. The number of pyridine rings is 1. The van der Waals surface area contributed by atoms with Crippen molar-refractivity contribution in [1.82, 2.24) is 4.98 Å². The molecule has 0 aliphatic heterocycles. The third kappa shape index (κ3) is 3.01. The van der Waals surface area contributed by atoms with Crippen molar-refractivity contribution < 1.29 is 12.6 Å². The first kappa shape index (κ1) is 12.0. The lowest BCUT2D eigenvalue weighted by Gasteiger charge is -2.10. The minimum Gasteiger partial charge on any atom is -0.261 e. The Bertz CT molecular complexity index is 637. The summed E-state index contributed by atoms with van der Waals surface area (Å²) in [6, 6.07) is 11.3. The first-order valence-electron chi connectivity index (χ1n) is 5.20. The zero-order valence-electron chi connectivity index (χ0n) is 9.62. The molecule has 1 heterocycles. The van der Waals surface area contributed by atoms with Gasteiger partial charge in [-0.05, 0) is 19.1 Å². The van der Waals surface area contributed by atoms with Crippen molar-refractivity contribution in [3.05, 3.63) is 42.1 Å². The van der Waals surface area contributed by atoms with Crippen LogP contribution in [0.4, 0.5) is 0 Å². The Hall–Kier alpha value is -1.46. The topological polar surface area (TPSA) is 56.3 Å². The Kier molecular flexibility index (Phi) is 3.13. The van der Waals surface area contributed by atoms with Crippen LogP contribution >= 0.6 is 0 Å². The second kappa shape index (κ2) is 4.43. The fraction of sp³-hybridized carbons (Fsp3) is 0.250. The Morgan fingerprint density at radius 1 is 1.18 bits per heavy atom. The van der Waals surface area contributed by atoms with Gasteiger partial charge in [0, 0.05) is 5.39 Å². The molecule has 0 bridgehead atoms. The van der Waals surface area contributed by atoms with Crippen LogP contribution in [0, 0.1) is 0 Å². The van der Waals surface area contributed by atoms with Crippen molar-refractivity contribution in [3.63, 3.8) is 0 Å². The maximum absolute atomic E-state index is 11.0. The SMILES string of the molecule is CC(OS(C)(=O)=O)c1ccc2ccccc2n1. The highest BCUT2D eigenvalue weighted by Gasteiger charge is 2.13. The smallest absolute Gasteiger partial charge is 0.261 e. The fourth-order valence-electron chi connectivity index (χ4n) is 1.62. The maximum Gasteiger partial charge on any atom is 0.265 e. The summed E-state index contributed by atoms with van der Waals surface area (Å²) in [7, 11) is -3.46. The third-order valence-corrected chi connectivity index (χ3v) is 2.99. The molecule has 4 nitrogen and oxygen atoms in total. The van der Waals surface area contributed by atoms with Gasteiger partial charge in [0.1, 0.15) is 6.10 Å². The van der Waals surface area contributed by atoms with Gasteiger partial charge in [-0.2, -0.15) is 8.42 Å². The van der Waals surface area contributed by atoms with Crippen LogP contribution in [0.1, 0.15) is 18.7 Å². The van der Waals surface area contributed by atoms with E-state index in [0.29, 0.717) is 5.69 Å². The number of hydrogen-bond donors (Lipinski definition) is 0. The fourth-order valence-corrected chi connectivity index (χ4v) is 2.24. The van der Waals surface area contributed by atoms with E-state index in [-0.39, 0.29) is 0 Å². The number of fused-ring (bicyclic) bond motifs is 1. The number of para-hydroxylation sites is 1. The van der Waals surface area contributed by atoms with E-state index in [2.05, 4.69) is 4.98 Å². The molecule has 0 radical (unpaired) electrons. The van der Waals surface area contributed by atoms with E-state index >= 15 is 0 Å². The first-order chi connectivity index (χ1) is 7.96. The molecular formula is C12H13NO3S. The van der Waals surface area contributed by atoms with Crippen LogP contribution in [0.3, 0.4) is 0 Å². The van der Waals surface area contributed by atoms with E-state index in [0.717, 1.165) is 17.2 Å². The summed E-state index contributed by atoms with van der Waals surface area (Å²) in [5, 5.41) is 1.02. The first-order valence-corrected chi connectivity index (χ1v) is 7.01. The van der Waals surface area contributed by atoms with E-state index in [1.807, 2.05) is 30.3 Å². The van der Waals surface area contributed by atoms with Crippen molar-refractivity contribution in [1.29, 1.82) is 0 Å². The zero-order chi connectivity index (χ0) is 12.5. The molecule has 1 unspecified atom stereocenters. The molecule has 1 aromatic carbocycles. The van der Waals surface area contributed by atoms with Crippen LogP contribution in [0.25, 0.3) is 10.9 Å². The lowest BCUT2D eigenvalue weighted by molar-refractivity contribution is 0.232. The van der Waals surface area contributed by atoms with Crippen molar-refractivity contribution in [2.75, 3.05) is 6.26 Å². The van der Waals surface area contributed by atoms with Gasteiger partial charge in [-0.25, -0.2) is 0 Å². The van der Waals surface area contributed by atoms with E-state index in [9.17, 15) is 8.42 Å². The van der Waals surface area contributed by atoms with Crippen LogP contribution < -0.4 is 0 Å². The number of nitrogens with zero attached hydrogens (tertiary/aromatic N) is 1. The molecule has 17 heavy (non-hydrogen) atoms. The van der Waals surface area contributed by atoms with Crippen LogP contribution in [0.15, 0.2) is 36.4 Å². The van der Waals surface area contributed by atoms with Gasteiger partial charge >= 0.3 is 0 Å². The molecular weight excluding hydrogens is 238 g/mol. The van der Waals surface area contributed by atoms with Gasteiger partial charge in [-0.15, -0.1) is 0 Å². The average molecular weight is 251 g/mol. The summed E-state index contributed by atoms with van der Waals surface area (Å²) in [6.45, 7) is 1.66. The molecule has 0 spiro atoms. The highest BCUT2D eigenvalue weighted by atomic mass is 32.2. The predicted molar refractivity (Wildman–Crippen MR) is 66.1 cm³/mol. The monoisotopic (exact) mass is 251 g/mol. The largest absolute Gasteiger partial charge is 0.265 e. The predicted octanol–water partition coefficient (Wildman–Crippen LogP) is 2.27. The van der Waals surface area contributed by atoms with Gasteiger partial charge in [0.2, 0.25) is 0 Å². The zero-order valence-corrected chi connectivity index (χ0v) is 10.4. The Morgan fingerprint density at radius 2 is 1.88 bits per heavy atom. The molecule has 0 aliphatic rings. The summed E-state index contributed by atoms with van der Waals surface area (Å²) in [5.74, 6) is 0. The summed E-state index contributed by atoms with van der Waals surface area (Å²) in [5.41, 5.74) is 1.43. The molecule has 1 atom stereocenters. The second-order valence-corrected chi connectivity index (χ2v) is 5.47. The van der Waals surface area contributed by atoms with Crippen LogP contribution in [-0.4, -0.2) is 19.7 Å². The molecule has 2 aromatic rings. The summed E-state index contributed by atoms with van der Waals surface area (Å²) in [4.78, 5) is 4.37. The molecule has 0 aliphatic carbocycles. The molecule has 0 fully saturated rings. The van der Waals surface area contributed by atoms with Crippen molar-refractivity contribution in [3.8, 4) is 0 Å². The number of hydrogen-bond acceptors (Lipinski definition) is 4. The van der Waals surface area contributed by atoms with Gasteiger partial charge in [0.15, 0.2) is 0 Å². The van der Waals surface area contributed by atoms with Gasteiger partial charge < -0.3 is 0 Å². The number of aromatic nitrogens is 1. The average Bonchev–Trinajstić information content (AvgIpc) is 2.26. The Labute approximate surface area is 100 Å². The number of rotatable bonds is 3. The van der Waals surface area contributed by atoms with Gasteiger partial charge in [0.05, 0.1) is 17.5 Å². The van der Waals surface area contributed by atoms with Gasteiger partial charge in [-0.1, -0.05) is 24.3 Å². The van der Waals surface area contributed by atoms with Crippen LogP contribution in [-0.2, 0) is 14.3 Å². The summed E-state index contributed by atoms with van der Waals surface area (Å²) < 4.78 is 26.9. The maximum atomic E-state index is 11.0. The van der Waals surface area contributed by atoms with Crippen LogP contribution in [0.5, 0.6) is 0 Å². The van der Waals surface area contributed by atoms with Gasteiger partial charge in [0.25, 0.3) is 10.1 Å². The molecule has 5 heteroatoms. The molecule has 1 aromatic heterocycles.